The minimum atomic E-state index is 0.258. The fraction of sp³-hybridized carbons (Fsp3) is 0.562. The van der Waals surface area contributed by atoms with Crippen molar-refractivity contribution in [2.45, 2.75) is 38.8 Å². The van der Waals surface area contributed by atoms with Gasteiger partial charge in [0.1, 0.15) is 0 Å². The Morgan fingerprint density at radius 2 is 1.75 bits per heavy atom. The molecule has 1 amide bonds. The van der Waals surface area contributed by atoms with Crippen LogP contribution in [0.3, 0.4) is 0 Å². The van der Waals surface area contributed by atoms with Gasteiger partial charge >= 0.3 is 0 Å². The average Bonchev–Trinajstić information content (AvgIpc) is 3.29. The van der Waals surface area contributed by atoms with Crippen LogP contribution in [0.1, 0.15) is 30.9 Å². The number of carbonyl (C=O) groups is 1. The summed E-state index contributed by atoms with van der Waals surface area (Å²) in [5, 5.41) is 0. The summed E-state index contributed by atoms with van der Waals surface area (Å²) in [6.07, 6.45) is 3.00. The maximum Gasteiger partial charge on any atom is 0.226 e. The van der Waals surface area contributed by atoms with Crippen molar-refractivity contribution in [1.82, 2.24) is 4.90 Å². The highest BCUT2D eigenvalue weighted by molar-refractivity contribution is 5.81. The predicted molar refractivity (Wildman–Crippen MR) is 76.0 cm³/mol. The monoisotopic (exact) mass is 275 g/mol. The molecule has 1 aliphatic carbocycles. The molecule has 2 aliphatic rings. The second-order valence-corrected chi connectivity index (χ2v) is 5.77. The van der Waals surface area contributed by atoms with E-state index >= 15 is 0 Å². The molecule has 0 bridgehead atoms. The summed E-state index contributed by atoms with van der Waals surface area (Å²) in [6.45, 7) is 2.81. The van der Waals surface area contributed by atoms with Crippen LogP contribution in [0.4, 0.5) is 0 Å². The van der Waals surface area contributed by atoms with Gasteiger partial charge in [-0.25, -0.2) is 0 Å². The van der Waals surface area contributed by atoms with Gasteiger partial charge in [-0.3, -0.25) is 4.79 Å². The van der Waals surface area contributed by atoms with E-state index in [1.165, 1.54) is 11.1 Å². The van der Waals surface area contributed by atoms with Gasteiger partial charge in [0, 0.05) is 18.5 Å². The first-order valence-electron chi connectivity index (χ1n) is 7.18. The topological polar surface area (TPSA) is 38.8 Å². The van der Waals surface area contributed by atoms with Crippen molar-refractivity contribution < 1.29 is 14.3 Å². The van der Waals surface area contributed by atoms with Crippen molar-refractivity contribution >= 4 is 5.91 Å². The number of amides is 1. The molecule has 0 spiro atoms. The van der Waals surface area contributed by atoms with E-state index < -0.39 is 0 Å². The number of methoxy groups -OCH3 is 2. The van der Waals surface area contributed by atoms with E-state index in [2.05, 4.69) is 6.92 Å². The molecule has 108 valence electrons. The van der Waals surface area contributed by atoms with Crippen LogP contribution in [0, 0.1) is 5.92 Å². The lowest BCUT2D eigenvalue weighted by atomic mass is 9.93. The molecular weight excluding hydrogens is 254 g/mol. The Morgan fingerprint density at radius 3 is 2.30 bits per heavy atom. The number of rotatable bonds is 3. The van der Waals surface area contributed by atoms with Gasteiger partial charge in [-0.05, 0) is 49.4 Å². The second kappa shape index (κ2) is 5.00. The summed E-state index contributed by atoms with van der Waals surface area (Å²) >= 11 is 0. The Balaban J connectivity index is 1.90. The Hall–Kier alpha value is -1.71. The smallest absolute Gasteiger partial charge is 0.226 e. The van der Waals surface area contributed by atoms with Crippen molar-refractivity contribution in [2.75, 3.05) is 14.2 Å². The zero-order chi connectivity index (χ0) is 14.3. The molecule has 0 saturated heterocycles. The summed E-state index contributed by atoms with van der Waals surface area (Å²) in [4.78, 5) is 14.3. The molecule has 1 fully saturated rings. The van der Waals surface area contributed by atoms with Crippen LogP contribution < -0.4 is 9.47 Å². The fourth-order valence-corrected chi connectivity index (χ4v) is 2.93. The van der Waals surface area contributed by atoms with Gasteiger partial charge in [-0.15, -0.1) is 0 Å². The fourth-order valence-electron chi connectivity index (χ4n) is 2.93. The van der Waals surface area contributed by atoms with Crippen LogP contribution in [-0.2, 0) is 17.8 Å². The molecule has 3 rings (SSSR count). The predicted octanol–water partition coefficient (Wildman–Crippen LogP) is 2.39. The number of fused-ring (bicyclic) bond motifs is 1. The lowest BCUT2D eigenvalue weighted by molar-refractivity contribution is -0.135. The third-order valence-electron chi connectivity index (χ3n) is 4.30. The van der Waals surface area contributed by atoms with E-state index in [4.69, 9.17) is 9.47 Å². The maximum atomic E-state index is 12.3. The number of benzene rings is 1. The van der Waals surface area contributed by atoms with E-state index in [1.807, 2.05) is 17.0 Å². The normalized spacial score (nSPS) is 21.4. The molecule has 0 N–H and O–H groups in total. The van der Waals surface area contributed by atoms with Gasteiger partial charge in [0.15, 0.2) is 11.5 Å². The van der Waals surface area contributed by atoms with Crippen molar-refractivity contribution in [1.29, 1.82) is 0 Å². The summed E-state index contributed by atoms with van der Waals surface area (Å²) in [6, 6.07) is 4.31. The molecule has 0 aromatic heterocycles. The van der Waals surface area contributed by atoms with Crippen LogP contribution in [0.5, 0.6) is 11.5 Å². The molecule has 1 aromatic carbocycles. The summed E-state index contributed by atoms with van der Waals surface area (Å²) < 4.78 is 10.7. The first-order valence-corrected chi connectivity index (χ1v) is 7.18. The summed E-state index contributed by atoms with van der Waals surface area (Å²) in [5.41, 5.74) is 2.43. The Bertz CT molecular complexity index is 537. The largest absolute Gasteiger partial charge is 0.493 e. The van der Waals surface area contributed by atoms with Crippen LogP contribution in [0.15, 0.2) is 12.1 Å². The second-order valence-electron chi connectivity index (χ2n) is 5.77. The molecule has 1 heterocycles. The number of ether oxygens (including phenoxy) is 2. The van der Waals surface area contributed by atoms with E-state index in [1.54, 1.807) is 14.2 Å². The van der Waals surface area contributed by atoms with Crippen molar-refractivity contribution in [3.05, 3.63) is 23.3 Å². The first kappa shape index (κ1) is 13.3. The Kier molecular flexibility index (Phi) is 3.32. The van der Waals surface area contributed by atoms with Crippen molar-refractivity contribution in [3.8, 4) is 11.5 Å². The zero-order valence-electron chi connectivity index (χ0n) is 12.3. The lowest BCUT2D eigenvalue weighted by Gasteiger charge is -2.35. The minimum Gasteiger partial charge on any atom is -0.493 e. The quantitative estimate of drug-likeness (QED) is 0.850. The lowest BCUT2D eigenvalue weighted by Crippen LogP contribution is -2.43. The van der Waals surface area contributed by atoms with Crippen LogP contribution in [-0.4, -0.2) is 31.1 Å². The molecule has 1 aromatic rings. The van der Waals surface area contributed by atoms with Gasteiger partial charge in [-0.1, -0.05) is 0 Å². The highest BCUT2D eigenvalue weighted by Crippen LogP contribution is 2.37. The molecule has 1 atom stereocenters. The standard InChI is InChI=1S/C16H21NO3/c1-10-6-12-7-14(19-2)15(20-3)8-13(12)9-17(10)16(18)11-4-5-11/h7-8,10-11H,4-6,9H2,1-3H3. The zero-order valence-corrected chi connectivity index (χ0v) is 12.3. The molecule has 4 nitrogen and oxygen atoms in total. The molecule has 4 heteroatoms. The van der Waals surface area contributed by atoms with Crippen LogP contribution in [0.25, 0.3) is 0 Å². The maximum absolute atomic E-state index is 12.3. The van der Waals surface area contributed by atoms with Crippen molar-refractivity contribution in [3.63, 3.8) is 0 Å². The van der Waals surface area contributed by atoms with Gasteiger partial charge in [-0.2, -0.15) is 0 Å². The van der Waals surface area contributed by atoms with Gasteiger partial charge < -0.3 is 14.4 Å². The van der Waals surface area contributed by atoms with Crippen molar-refractivity contribution in [2.24, 2.45) is 5.92 Å². The number of hydrogen-bond acceptors (Lipinski definition) is 3. The average molecular weight is 275 g/mol. The third kappa shape index (κ3) is 2.23. The summed E-state index contributed by atoms with van der Waals surface area (Å²) in [5.74, 6) is 2.09. The number of hydrogen-bond donors (Lipinski definition) is 0. The van der Waals surface area contributed by atoms with E-state index in [-0.39, 0.29) is 12.0 Å². The minimum absolute atomic E-state index is 0.258. The first-order chi connectivity index (χ1) is 9.63. The van der Waals surface area contributed by atoms with E-state index in [9.17, 15) is 4.79 Å². The molecule has 1 aliphatic heterocycles. The summed E-state index contributed by atoms with van der Waals surface area (Å²) in [7, 11) is 3.29. The van der Waals surface area contributed by atoms with Gasteiger partial charge in [0.25, 0.3) is 0 Å². The van der Waals surface area contributed by atoms with E-state index in [0.717, 1.165) is 30.8 Å². The molecule has 0 radical (unpaired) electrons. The Labute approximate surface area is 119 Å². The number of nitrogens with zero attached hydrogens (tertiary/aromatic N) is 1. The van der Waals surface area contributed by atoms with Crippen LogP contribution >= 0.6 is 0 Å². The Morgan fingerprint density at radius 1 is 1.15 bits per heavy atom. The van der Waals surface area contributed by atoms with E-state index in [0.29, 0.717) is 12.5 Å². The molecule has 20 heavy (non-hydrogen) atoms. The SMILES string of the molecule is COc1cc2c(cc1OC)CN(C(=O)C1CC1)C(C)C2. The third-order valence-corrected chi connectivity index (χ3v) is 4.30. The number of carbonyl (C=O) groups excluding carboxylic acids is 1. The van der Waals surface area contributed by atoms with Crippen LogP contribution in [0.2, 0.25) is 0 Å². The van der Waals surface area contributed by atoms with Gasteiger partial charge in [0.2, 0.25) is 5.91 Å². The molecular formula is C16H21NO3. The van der Waals surface area contributed by atoms with Gasteiger partial charge in [0.05, 0.1) is 14.2 Å². The highest BCUT2D eigenvalue weighted by atomic mass is 16.5. The molecule has 1 saturated carbocycles. The highest BCUT2D eigenvalue weighted by Gasteiger charge is 2.37. The molecule has 1 unspecified atom stereocenters.